The van der Waals surface area contributed by atoms with Gasteiger partial charge in [0.1, 0.15) is 0 Å². The van der Waals surface area contributed by atoms with Gasteiger partial charge in [-0.2, -0.15) is 0 Å². The summed E-state index contributed by atoms with van der Waals surface area (Å²) in [6.45, 7) is 2.17. The molecule has 0 aliphatic carbocycles. The van der Waals surface area contributed by atoms with Crippen molar-refractivity contribution in [1.82, 2.24) is 0 Å². The molecule has 1 atom stereocenters. The fourth-order valence-corrected chi connectivity index (χ4v) is 1.30. The fraction of sp³-hybridized carbons (Fsp3) is 0.455. The molecule has 0 heterocycles. The molecular weight excluding hydrogens is 148 g/mol. The minimum absolute atomic E-state index is 0.254. The molecule has 0 N–H and O–H groups in total. The van der Waals surface area contributed by atoms with E-state index in [9.17, 15) is 0 Å². The molecule has 0 aromatic heterocycles. The van der Waals surface area contributed by atoms with Gasteiger partial charge in [-0.25, -0.2) is 0 Å². The normalized spacial score (nSPS) is 12.8. The van der Waals surface area contributed by atoms with Gasteiger partial charge in [-0.15, -0.1) is 0 Å². The van der Waals surface area contributed by atoms with Gasteiger partial charge < -0.3 is 4.74 Å². The van der Waals surface area contributed by atoms with Gasteiger partial charge in [-0.3, -0.25) is 0 Å². The van der Waals surface area contributed by atoms with Crippen molar-refractivity contribution in [2.45, 2.75) is 25.9 Å². The number of rotatable bonds is 4. The lowest BCUT2D eigenvalue weighted by molar-refractivity contribution is 0.0950. The molecule has 1 aromatic carbocycles. The van der Waals surface area contributed by atoms with Crippen LogP contribution in [-0.4, -0.2) is 7.11 Å². The third-order valence-corrected chi connectivity index (χ3v) is 1.95. The maximum atomic E-state index is 5.36. The van der Waals surface area contributed by atoms with Gasteiger partial charge >= 0.3 is 0 Å². The quantitative estimate of drug-likeness (QED) is 0.663. The van der Waals surface area contributed by atoms with Crippen LogP contribution < -0.4 is 0 Å². The van der Waals surface area contributed by atoms with Crippen LogP contribution in [0, 0.1) is 6.07 Å². The maximum absolute atomic E-state index is 5.36. The summed E-state index contributed by atoms with van der Waals surface area (Å²) >= 11 is 0. The Labute approximate surface area is 74.4 Å². The Morgan fingerprint density at radius 3 is 2.58 bits per heavy atom. The van der Waals surface area contributed by atoms with Crippen molar-refractivity contribution in [3.63, 3.8) is 0 Å². The van der Waals surface area contributed by atoms with Gasteiger partial charge in [0.15, 0.2) is 0 Å². The minimum Gasteiger partial charge on any atom is -0.377 e. The highest BCUT2D eigenvalue weighted by molar-refractivity contribution is 5.16. The molecule has 65 valence electrons. The highest BCUT2D eigenvalue weighted by Gasteiger charge is 2.07. The van der Waals surface area contributed by atoms with Crippen LogP contribution in [0.2, 0.25) is 0 Å². The second-order valence-electron chi connectivity index (χ2n) is 2.85. The van der Waals surface area contributed by atoms with E-state index in [2.05, 4.69) is 25.1 Å². The molecule has 0 aliphatic heterocycles. The van der Waals surface area contributed by atoms with Crippen molar-refractivity contribution >= 4 is 0 Å². The van der Waals surface area contributed by atoms with Crippen LogP contribution in [0.4, 0.5) is 0 Å². The monoisotopic (exact) mass is 163 g/mol. The van der Waals surface area contributed by atoms with E-state index in [0.717, 1.165) is 12.8 Å². The van der Waals surface area contributed by atoms with Crippen LogP contribution >= 0.6 is 0 Å². The minimum atomic E-state index is 0.254. The first-order chi connectivity index (χ1) is 5.88. The predicted octanol–water partition coefficient (Wildman–Crippen LogP) is 2.97. The number of hydrogen-bond acceptors (Lipinski definition) is 1. The van der Waals surface area contributed by atoms with Crippen LogP contribution in [0.3, 0.4) is 0 Å². The lowest BCUT2D eigenvalue weighted by Crippen LogP contribution is -2.00. The van der Waals surface area contributed by atoms with E-state index < -0.39 is 0 Å². The largest absolute Gasteiger partial charge is 0.377 e. The number of ether oxygens (including phenoxy) is 1. The Kier molecular flexibility index (Phi) is 3.81. The smallest absolute Gasteiger partial charge is 0.0821 e. The predicted molar refractivity (Wildman–Crippen MR) is 49.9 cm³/mol. The SMILES string of the molecule is CCCC(OC)c1cc[c]cc1. The highest BCUT2D eigenvalue weighted by Crippen LogP contribution is 2.20. The Morgan fingerprint density at radius 1 is 1.42 bits per heavy atom. The van der Waals surface area contributed by atoms with Crippen molar-refractivity contribution in [2.75, 3.05) is 7.11 Å². The number of hydrogen-bond donors (Lipinski definition) is 0. The van der Waals surface area contributed by atoms with Gasteiger partial charge in [-0.1, -0.05) is 37.6 Å². The van der Waals surface area contributed by atoms with Crippen molar-refractivity contribution < 1.29 is 4.74 Å². The Balaban J connectivity index is 2.66. The van der Waals surface area contributed by atoms with E-state index in [1.54, 1.807) is 7.11 Å². The standard InChI is InChI=1S/C11H15O/c1-3-7-11(12-2)10-8-5-4-6-9-10/h5-6,8-9,11H,3,7H2,1-2H3. The van der Waals surface area contributed by atoms with E-state index in [4.69, 9.17) is 4.74 Å². The Bertz CT molecular complexity index is 206. The average molecular weight is 163 g/mol. The van der Waals surface area contributed by atoms with Gasteiger partial charge in [0.2, 0.25) is 0 Å². The van der Waals surface area contributed by atoms with Gasteiger partial charge in [-0.05, 0) is 18.1 Å². The Morgan fingerprint density at radius 2 is 2.08 bits per heavy atom. The second-order valence-corrected chi connectivity index (χ2v) is 2.85. The zero-order valence-corrected chi connectivity index (χ0v) is 7.71. The molecule has 1 unspecified atom stereocenters. The lowest BCUT2D eigenvalue weighted by Gasteiger charge is -2.13. The van der Waals surface area contributed by atoms with Crippen LogP contribution in [0.25, 0.3) is 0 Å². The molecule has 0 saturated heterocycles. The molecule has 1 nitrogen and oxygen atoms in total. The third kappa shape index (κ3) is 2.35. The summed E-state index contributed by atoms with van der Waals surface area (Å²) in [5, 5.41) is 0. The van der Waals surface area contributed by atoms with Crippen molar-refractivity contribution in [1.29, 1.82) is 0 Å². The molecule has 0 spiro atoms. The van der Waals surface area contributed by atoms with E-state index in [0.29, 0.717) is 0 Å². The summed E-state index contributed by atoms with van der Waals surface area (Å²) < 4.78 is 5.36. The maximum Gasteiger partial charge on any atom is 0.0821 e. The molecule has 0 saturated carbocycles. The first kappa shape index (κ1) is 9.27. The molecule has 0 amide bonds. The van der Waals surface area contributed by atoms with Crippen molar-refractivity contribution in [2.24, 2.45) is 0 Å². The van der Waals surface area contributed by atoms with E-state index >= 15 is 0 Å². The van der Waals surface area contributed by atoms with Crippen molar-refractivity contribution in [3.8, 4) is 0 Å². The molecule has 1 radical (unpaired) electrons. The molecule has 12 heavy (non-hydrogen) atoms. The third-order valence-electron chi connectivity index (χ3n) is 1.95. The summed E-state index contributed by atoms with van der Waals surface area (Å²) in [6, 6.07) is 11.0. The number of methoxy groups -OCH3 is 1. The summed E-state index contributed by atoms with van der Waals surface area (Å²) in [4.78, 5) is 0. The molecule has 1 heteroatoms. The number of benzene rings is 1. The molecule has 1 aromatic rings. The average Bonchev–Trinajstić information content (AvgIpc) is 2.15. The van der Waals surface area contributed by atoms with E-state index in [-0.39, 0.29) is 6.10 Å². The molecule has 0 aliphatic rings. The van der Waals surface area contributed by atoms with Gasteiger partial charge in [0.05, 0.1) is 6.10 Å². The zero-order chi connectivity index (χ0) is 8.81. The summed E-state index contributed by atoms with van der Waals surface area (Å²) in [7, 11) is 1.76. The lowest BCUT2D eigenvalue weighted by atomic mass is 10.1. The second kappa shape index (κ2) is 4.94. The molecule has 0 fully saturated rings. The van der Waals surface area contributed by atoms with Crippen LogP contribution in [-0.2, 0) is 4.74 Å². The Hall–Kier alpha value is -0.820. The zero-order valence-electron chi connectivity index (χ0n) is 7.71. The summed E-state index contributed by atoms with van der Waals surface area (Å²) in [5.41, 5.74) is 1.25. The highest BCUT2D eigenvalue weighted by atomic mass is 16.5. The topological polar surface area (TPSA) is 9.23 Å². The molecule has 1 rings (SSSR count). The van der Waals surface area contributed by atoms with Crippen molar-refractivity contribution in [3.05, 3.63) is 35.9 Å². The van der Waals surface area contributed by atoms with E-state index in [1.165, 1.54) is 5.56 Å². The van der Waals surface area contributed by atoms with Gasteiger partial charge in [0, 0.05) is 7.11 Å². The first-order valence-corrected chi connectivity index (χ1v) is 4.37. The summed E-state index contributed by atoms with van der Waals surface area (Å²) in [5.74, 6) is 0. The van der Waals surface area contributed by atoms with Crippen LogP contribution in [0.5, 0.6) is 0 Å². The fourth-order valence-electron chi connectivity index (χ4n) is 1.30. The van der Waals surface area contributed by atoms with Crippen LogP contribution in [0.15, 0.2) is 24.3 Å². The first-order valence-electron chi connectivity index (χ1n) is 4.37. The van der Waals surface area contributed by atoms with E-state index in [1.807, 2.05) is 12.1 Å². The summed E-state index contributed by atoms with van der Waals surface area (Å²) in [6.07, 6.45) is 2.49. The van der Waals surface area contributed by atoms with Crippen LogP contribution in [0.1, 0.15) is 31.4 Å². The molecular formula is C11H15O. The molecule has 0 bridgehead atoms. The van der Waals surface area contributed by atoms with Gasteiger partial charge in [0.25, 0.3) is 0 Å².